The van der Waals surface area contributed by atoms with Gasteiger partial charge in [0, 0.05) is 24.0 Å². The first kappa shape index (κ1) is 22.6. The highest BCUT2D eigenvalue weighted by molar-refractivity contribution is 6.30. The van der Waals surface area contributed by atoms with Gasteiger partial charge < -0.3 is 9.88 Å². The molecule has 8 nitrogen and oxygen atoms in total. The second-order valence-electron chi connectivity index (χ2n) is 8.16. The maximum atomic E-state index is 13.6. The van der Waals surface area contributed by atoms with Gasteiger partial charge in [0.25, 0.3) is 5.56 Å². The molecule has 35 heavy (non-hydrogen) atoms. The number of nitrogens with zero attached hydrogens (tertiary/aromatic N) is 5. The van der Waals surface area contributed by atoms with Gasteiger partial charge in [-0.05, 0) is 55.3 Å². The van der Waals surface area contributed by atoms with Gasteiger partial charge in [-0.15, -0.1) is 0 Å². The Balaban J connectivity index is 1.50. The number of hydrogen-bond acceptors (Lipinski definition) is 4. The zero-order valence-electron chi connectivity index (χ0n) is 19.1. The van der Waals surface area contributed by atoms with Gasteiger partial charge in [0.05, 0.1) is 11.4 Å². The number of carbonyl (C=O) groups is 1. The molecule has 0 spiro atoms. The van der Waals surface area contributed by atoms with Crippen molar-refractivity contribution in [2.75, 3.05) is 6.54 Å². The minimum atomic E-state index is -0.382. The Morgan fingerprint density at radius 1 is 0.971 bits per heavy atom. The van der Waals surface area contributed by atoms with Crippen molar-refractivity contribution >= 4 is 28.4 Å². The third-order valence-corrected chi connectivity index (χ3v) is 5.97. The molecule has 0 saturated heterocycles. The van der Waals surface area contributed by atoms with Crippen molar-refractivity contribution < 1.29 is 4.79 Å². The molecule has 0 aliphatic carbocycles. The molecule has 0 unspecified atom stereocenters. The van der Waals surface area contributed by atoms with Crippen LogP contribution in [0.15, 0.2) is 83.9 Å². The summed E-state index contributed by atoms with van der Waals surface area (Å²) in [4.78, 5) is 26.2. The van der Waals surface area contributed by atoms with E-state index in [4.69, 9.17) is 16.7 Å². The summed E-state index contributed by atoms with van der Waals surface area (Å²) in [6, 6.07) is 20.9. The molecule has 0 atom stereocenters. The molecule has 1 amide bonds. The van der Waals surface area contributed by atoms with Gasteiger partial charge in [0.2, 0.25) is 5.91 Å². The van der Waals surface area contributed by atoms with Crippen LogP contribution in [-0.4, -0.2) is 36.6 Å². The lowest BCUT2D eigenvalue weighted by molar-refractivity contribution is -0.121. The molecular formula is C26H23ClN6O2. The summed E-state index contributed by atoms with van der Waals surface area (Å²) in [5, 5.41) is 13.0. The summed E-state index contributed by atoms with van der Waals surface area (Å²) in [6.07, 6.45) is 4.40. The van der Waals surface area contributed by atoms with E-state index < -0.39 is 0 Å². The molecule has 0 saturated carbocycles. The molecule has 3 aromatic heterocycles. The Hall–Kier alpha value is -4.17. The van der Waals surface area contributed by atoms with Gasteiger partial charge in [-0.2, -0.15) is 10.2 Å². The third kappa shape index (κ3) is 4.61. The molecule has 2 aromatic carbocycles. The van der Waals surface area contributed by atoms with Gasteiger partial charge in [-0.25, -0.2) is 9.36 Å². The molecule has 5 rings (SSSR count). The molecule has 3 heterocycles. The number of rotatable bonds is 7. The zero-order valence-corrected chi connectivity index (χ0v) is 19.8. The Morgan fingerprint density at radius 2 is 1.69 bits per heavy atom. The summed E-state index contributed by atoms with van der Waals surface area (Å²) in [5.74, 6) is 0.294. The maximum absolute atomic E-state index is 13.6. The van der Waals surface area contributed by atoms with E-state index in [1.54, 1.807) is 23.7 Å². The summed E-state index contributed by atoms with van der Waals surface area (Å²) in [6.45, 7) is 2.08. The molecule has 0 bridgehead atoms. The number of aryl methyl sites for hydroxylation is 1. The minimum Gasteiger partial charge on any atom is -0.354 e. The maximum Gasteiger partial charge on any atom is 0.280 e. The van der Waals surface area contributed by atoms with Crippen molar-refractivity contribution in [2.45, 2.75) is 19.9 Å². The van der Waals surface area contributed by atoms with Crippen LogP contribution < -0.4 is 10.9 Å². The fourth-order valence-electron chi connectivity index (χ4n) is 4.03. The highest BCUT2D eigenvalue weighted by Crippen LogP contribution is 2.25. The smallest absolute Gasteiger partial charge is 0.280 e. The van der Waals surface area contributed by atoms with Crippen LogP contribution >= 0.6 is 11.6 Å². The summed E-state index contributed by atoms with van der Waals surface area (Å²) in [7, 11) is 0. The normalized spacial score (nSPS) is 11.1. The predicted molar refractivity (Wildman–Crippen MR) is 135 cm³/mol. The van der Waals surface area contributed by atoms with Crippen LogP contribution in [0.1, 0.15) is 11.3 Å². The predicted octanol–water partition coefficient (Wildman–Crippen LogP) is 3.69. The number of benzene rings is 2. The SMILES string of the molecule is Cc1nn(CC(=O)NCCc2ccccc2)c(=O)c2c(-n3cccc3)n(-c3ccc(Cl)cc3)nc12. The van der Waals surface area contributed by atoms with Crippen molar-refractivity contribution in [3.05, 3.63) is 106 Å². The standard InChI is InChI=1S/C26H23ClN6O2/c1-18-24-23(25(31-15-5-6-16-31)33(30-24)21-11-9-20(27)10-12-21)26(35)32(29-18)17-22(34)28-14-13-19-7-3-2-4-8-19/h2-12,15-16H,13-14,17H2,1H3,(H,28,34). The first-order chi connectivity index (χ1) is 17.0. The number of halogens is 1. The van der Waals surface area contributed by atoms with E-state index in [9.17, 15) is 9.59 Å². The lowest BCUT2D eigenvalue weighted by Crippen LogP contribution is -2.35. The second-order valence-corrected chi connectivity index (χ2v) is 8.60. The topological polar surface area (TPSA) is 86.7 Å². The van der Waals surface area contributed by atoms with Crippen molar-refractivity contribution in [1.82, 2.24) is 29.4 Å². The van der Waals surface area contributed by atoms with Crippen LogP contribution in [0.3, 0.4) is 0 Å². The van der Waals surface area contributed by atoms with E-state index >= 15 is 0 Å². The Kier molecular flexibility index (Phi) is 6.20. The molecule has 1 N–H and O–H groups in total. The number of fused-ring (bicyclic) bond motifs is 1. The monoisotopic (exact) mass is 486 g/mol. The van der Waals surface area contributed by atoms with Crippen molar-refractivity contribution in [3.8, 4) is 11.5 Å². The molecular weight excluding hydrogens is 464 g/mol. The number of amides is 1. The highest BCUT2D eigenvalue weighted by Gasteiger charge is 2.22. The van der Waals surface area contributed by atoms with Crippen molar-refractivity contribution in [1.29, 1.82) is 0 Å². The van der Waals surface area contributed by atoms with E-state index in [0.29, 0.717) is 40.4 Å². The lowest BCUT2D eigenvalue weighted by Gasteiger charge is -2.10. The molecule has 5 aromatic rings. The Morgan fingerprint density at radius 3 is 2.40 bits per heavy atom. The third-order valence-electron chi connectivity index (χ3n) is 5.72. The lowest BCUT2D eigenvalue weighted by atomic mass is 10.1. The second kappa shape index (κ2) is 9.60. The van der Waals surface area contributed by atoms with Crippen LogP contribution in [0.5, 0.6) is 0 Å². The number of nitrogens with one attached hydrogen (secondary N) is 1. The summed E-state index contributed by atoms with van der Waals surface area (Å²) in [5.41, 5.74) is 2.53. The van der Waals surface area contributed by atoms with E-state index in [0.717, 1.165) is 11.3 Å². The molecule has 0 radical (unpaired) electrons. The first-order valence-electron chi connectivity index (χ1n) is 11.2. The molecule has 9 heteroatoms. The van der Waals surface area contributed by atoms with Gasteiger partial charge in [0.1, 0.15) is 17.4 Å². The summed E-state index contributed by atoms with van der Waals surface area (Å²) >= 11 is 6.07. The van der Waals surface area contributed by atoms with Crippen LogP contribution in [-0.2, 0) is 17.8 Å². The Labute approximate surface area is 206 Å². The average Bonchev–Trinajstić information content (AvgIpc) is 3.52. The van der Waals surface area contributed by atoms with E-state index in [2.05, 4.69) is 10.4 Å². The number of aromatic nitrogens is 5. The number of hydrogen-bond donors (Lipinski definition) is 1. The van der Waals surface area contributed by atoms with Crippen molar-refractivity contribution in [2.24, 2.45) is 0 Å². The fraction of sp³-hybridized carbons (Fsp3) is 0.154. The molecule has 176 valence electrons. The van der Waals surface area contributed by atoms with E-state index in [1.165, 1.54) is 4.68 Å². The quantitative estimate of drug-likeness (QED) is 0.380. The van der Waals surface area contributed by atoms with Gasteiger partial charge in [-0.3, -0.25) is 9.59 Å². The average molecular weight is 487 g/mol. The summed E-state index contributed by atoms with van der Waals surface area (Å²) < 4.78 is 4.73. The highest BCUT2D eigenvalue weighted by atomic mass is 35.5. The molecule has 0 aliphatic heterocycles. The Bertz CT molecular complexity index is 1540. The van der Waals surface area contributed by atoms with Gasteiger partial charge >= 0.3 is 0 Å². The van der Waals surface area contributed by atoms with Crippen LogP contribution in [0.2, 0.25) is 5.02 Å². The van der Waals surface area contributed by atoms with Crippen molar-refractivity contribution in [3.63, 3.8) is 0 Å². The fourth-order valence-corrected chi connectivity index (χ4v) is 4.15. The first-order valence-corrected chi connectivity index (χ1v) is 11.6. The minimum absolute atomic E-state index is 0.179. The van der Waals surface area contributed by atoms with Crippen LogP contribution in [0, 0.1) is 6.92 Å². The van der Waals surface area contributed by atoms with Crippen LogP contribution in [0.25, 0.3) is 22.4 Å². The molecule has 0 fully saturated rings. The zero-order chi connectivity index (χ0) is 24.4. The molecule has 0 aliphatic rings. The van der Waals surface area contributed by atoms with Crippen LogP contribution in [0.4, 0.5) is 0 Å². The largest absolute Gasteiger partial charge is 0.354 e. The van der Waals surface area contributed by atoms with E-state index in [-0.39, 0.29) is 18.0 Å². The number of carbonyl (C=O) groups excluding carboxylic acids is 1. The van der Waals surface area contributed by atoms with Gasteiger partial charge in [0.15, 0.2) is 5.82 Å². The van der Waals surface area contributed by atoms with E-state index in [1.807, 2.05) is 71.6 Å². The van der Waals surface area contributed by atoms with Gasteiger partial charge in [-0.1, -0.05) is 41.9 Å².